The summed E-state index contributed by atoms with van der Waals surface area (Å²) in [6, 6.07) is 9.28. The highest BCUT2D eigenvalue weighted by Gasteiger charge is 2.38. The molecule has 0 saturated heterocycles. The van der Waals surface area contributed by atoms with E-state index < -0.39 is 5.97 Å². The third-order valence-electron chi connectivity index (χ3n) is 3.84. The van der Waals surface area contributed by atoms with Crippen LogP contribution in [0.25, 0.3) is 0 Å². The number of carbonyl (C=O) groups is 1. The molecule has 3 heteroatoms. The van der Waals surface area contributed by atoms with Gasteiger partial charge in [0.2, 0.25) is 0 Å². The number of fused-ring (bicyclic) bond motifs is 1. The van der Waals surface area contributed by atoms with Crippen molar-refractivity contribution in [3.05, 3.63) is 35.4 Å². The van der Waals surface area contributed by atoms with Gasteiger partial charge in [-0.15, -0.1) is 0 Å². The van der Waals surface area contributed by atoms with Gasteiger partial charge in [-0.2, -0.15) is 0 Å². The fourth-order valence-corrected chi connectivity index (χ4v) is 2.94. The largest absolute Gasteiger partial charge is 0.480 e. The normalized spacial score (nSPS) is 22.8. The predicted octanol–water partition coefficient (Wildman–Crippen LogP) is 2.22. The van der Waals surface area contributed by atoms with Gasteiger partial charge in [0.25, 0.3) is 0 Å². The number of hydrogen-bond donors (Lipinski definition) is 1. The first-order valence-corrected chi connectivity index (χ1v) is 6.31. The van der Waals surface area contributed by atoms with E-state index in [1.807, 2.05) is 0 Å². The minimum Gasteiger partial charge on any atom is -0.480 e. The zero-order valence-corrected chi connectivity index (χ0v) is 9.80. The molecule has 2 aliphatic carbocycles. The fraction of sp³-hybridized carbons (Fsp3) is 0.500. The van der Waals surface area contributed by atoms with Crippen molar-refractivity contribution in [1.82, 2.24) is 4.90 Å². The van der Waals surface area contributed by atoms with Gasteiger partial charge in [-0.05, 0) is 36.8 Å². The van der Waals surface area contributed by atoms with E-state index in [2.05, 4.69) is 29.2 Å². The second-order valence-electron chi connectivity index (χ2n) is 5.05. The minimum absolute atomic E-state index is 0.184. The molecule has 2 aliphatic rings. The van der Waals surface area contributed by atoms with Gasteiger partial charge in [-0.1, -0.05) is 24.3 Å². The maximum Gasteiger partial charge on any atom is 0.317 e. The Bertz CT molecular complexity index is 440. The van der Waals surface area contributed by atoms with Crippen molar-refractivity contribution >= 4 is 5.97 Å². The molecule has 3 nitrogen and oxygen atoms in total. The molecule has 1 N–H and O–H groups in total. The molecule has 3 rings (SSSR count). The Morgan fingerprint density at radius 2 is 2.06 bits per heavy atom. The first-order chi connectivity index (χ1) is 8.25. The minimum atomic E-state index is -0.707. The molecule has 1 saturated carbocycles. The molecular weight excluding hydrogens is 214 g/mol. The Kier molecular flexibility index (Phi) is 2.63. The molecule has 0 bridgehead atoms. The SMILES string of the molecule is O=C(O)CN(C1CC1)C1CCc2ccccc21. The van der Waals surface area contributed by atoms with Crippen molar-refractivity contribution in [2.24, 2.45) is 0 Å². The predicted molar refractivity (Wildman–Crippen MR) is 64.9 cm³/mol. The summed E-state index contributed by atoms with van der Waals surface area (Å²) < 4.78 is 0. The van der Waals surface area contributed by atoms with Crippen molar-refractivity contribution in [3.8, 4) is 0 Å². The third-order valence-corrected chi connectivity index (χ3v) is 3.84. The second kappa shape index (κ2) is 4.15. The molecular formula is C14H17NO2. The molecule has 0 amide bonds. The molecule has 0 heterocycles. The van der Waals surface area contributed by atoms with Crippen molar-refractivity contribution in [2.45, 2.75) is 37.8 Å². The summed E-state index contributed by atoms with van der Waals surface area (Å²) in [4.78, 5) is 13.2. The monoisotopic (exact) mass is 231 g/mol. The lowest BCUT2D eigenvalue weighted by Gasteiger charge is -2.27. The van der Waals surface area contributed by atoms with Gasteiger partial charge in [-0.3, -0.25) is 9.69 Å². The summed E-state index contributed by atoms with van der Waals surface area (Å²) in [7, 11) is 0. The van der Waals surface area contributed by atoms with E-state index in [-0.39, 0.29) is 6.54 Å². The van der Waals surface area contributed by atoms with Gasteiger partial charge in [0, 0.05) is 12.1 Å². The van der Waals surface area contributed by atoms with Gasteiger partial charge < -0.3 is 5.11 Å². The van der Waals surface area contributed by atoms with Crippen LogP contribution in [0.15, 0.2) is 24.3 Å². The maximum absolute atomic E-state index is 11.0. The van der Waals surface area contributed by atoms with Crippen LogP contribution in [0.5, 0.6) is 0 Å². The Labute approximate surface area is 101 Å². The van der Waals surface area contributed by atoms with Crippen molar-refractivity contribution in [1.29, 1.82) is 0 Å². The fourth-order valence-electron chi connectivity index (χ4n) is 2.94. The molecule has 0 radical (unpaired) electrons. The Hall–Kier alpha value is -1.35. The lowest BCUT2D eigenvalue weighted by molar-refractivity contribution is -0.139. The van der Waals surface area contributed by atoms with E-state index in [1.54, 1.807) is 0 Å². The van der Waals surface area contributed by atoms with Crippen LogP contribution >= 0.6 is 0 Å². The Morgan fingerprint density at radius 1 is 1.29 bits per heavy atom. The average Bonchev–Trinajstić information content (AvgIpc) is 3.06. The first-order valence-electron chi connectivity index (χ1n) is 6.31. The van der Waals surface area contributed by atoms with Crippen molar-refractivity contribution in [3.63, 3.8) is 0 Å². The van der Waals surface area contributed by atoms with E-state index in [0.29, 0.717) is 12.1 Å². The van der Waals surface area contributed by atoms with Crippen molar-refractivity contribution in [2.75, 3.05) is 6.54 Å². The van der Waals surface area contributed by atoms with Crippen LogP contribution in [-0.4, -0.2) is 28.6 Å². The van der Waals surface area contributed by atoms with E-state index in [1.165, 1.54) is 11.1 Å². The summed E-state index contributed by atoms with van der Waals surface area (Å²) >= 11 is 0. The van der Waals surface area contributed by atoms with Crippen molar-refractivity contribution < 1.29 is 9.90 Å². The highest BCUT2D eigenvalue weighted by molar-refractivity contribution is 5.69. The van der Waals surface area contributed by atoms with Gasteiger partial charge in [-0.25, -0.2) is 0 Å². The van der Waals surface area contributed by atoms with Crippen LogP contribution in [0.4, 0.5) is 0 Å². The zero-order chi connectivity index (χ0) is 11.8. The molecule has 0 aliphatic heterocycles. The highest BCUT2D eigenvalue weighted by Crippen LogP contribution is 2.41. The second-order valence-corrected chi connectivity index (χ2v) is 5.05. The molecule has 17 heavy (non-hydrogen) atoms. The Balaban J connectivity index is 1.85. The summed E-state index contributed by atoms with van der Waals surface area (Å²) in [6.45, 7) is 0.184. The number of aryl methyl sites for hydroxylation is 1. The third kappa shape index (κ3) is 2.07. The highest BCUT2D eigenvalue weighted by atomic mass is 16.4. The number of carboxylic acids is 1. The topological polar surface area (TPSA) is 40.5 Å². The van der Waals surface area contributed by atoms with Gasteiger partial charge in [0.15, 0.2) is 0 Å². The van der Waals surface area contributed by atoms with Crippen LogP contribution in [0, 0.1) is 0 Å². The summed E-state index contributed by atoms with van der Waals surface area (Å²) in [5.41, 5.74) is 2.74. The van der Waals surface area contributed by atoms with E-state index in [9.17, 15) is 4.79 Å². The van der Waals surface area contributed by atoms with Crippen LogP contribution in [0.1, 0.15) is 36.4 Å². The molecule has 1 atom stereocenters. The van der Waals surface area contributed by atoms with Crippen LogP contribution in [-0.2, 0) is 11.2 Å². The molecule has 1 aromatic carbocycles. The molecule has 1 fully saturated rings. The molecule has 1 aromatic rings. The van der Waals surface area contributed by atoms with E-state index in [4.69, 9.17) is 5.11 Å². The van der Waals surface area contributed by atoms with E-state index >= 15 is 0 Å². The number of nitrogens with zero attached hydrogens (tertiary/aromatic N) is 1. The lowest BCUT2D eigenvalue weighted by atomic mass is 10.1. The quantitative estimate of drug-likeness (QED) is 0.863. The van der Waals surface area contributed by atoms with Crippen LogP contribution in [0.3, 0.4) is 0 Å². The maximum atomic E-state index is 11.0. The number of carboxylic acid groups (broad SMARTS) is 1. The summed E-state index contributed by atoms with van der Waals surface area (Å²) in [6.07, 6.45) is 4.48. The van der Waals surface area contributed by atoms with Crippen LogP contribution < -0.4 is 0 Å². The van der Waals surface area contributed by atoms with Gasteiger partial charge >= 0.3 is 5.97 Å². The summed E-state index contributed by atoms with van der Waals surface area (Å²) in [5.74, 6) is -0.707. The standard InChI is InChI=1S/C14H17NO2/c16-14(17)9-15(11-6-7-11)13-8-5-10-3-1-2-4-12(10)13/h1-4,11,13H,5-9H2,(H,16,17). The number of benzene rings is 1. The first kappa shape index (κ1) is 10.8. The average molecular weight is 231 g/mol. The van der Waals surface area contributed by atoms with Crippen LogP contribution in [0.2, 0.25) is 0 Å². The molecule has 1 unspecified atom stereocenters. The molecule has 0 spiro atoms. The lowest BCUT2D eigenvalue weighted by Crippen LogP contribution is -2.34. The molecule has 90 valence electrons. The molecule has 0 aromatic heterocycles. The Morgan fingerprint density at radius 3 is 2.76 bits per heavy atom. The number of aliphatic carboxylic acids is 1. The summed E-state index contributed by atoms with van der Waals surface area (Å²) in [5, 5.41) is 9.03. The van der Waals surface area contributed by atoms with Gasteiger partial charge in [0.05, 0.1) is 6.54 Å². The van der Waals surface area contributed by atoms with E-state index in [0.717, 1.165) is 25.7 Å². The number of rotatable bonds is 4. The zero-order valence-electron chi connectivity index (χ0n) is 9.80. The van der Waals surface area contributed by atoms with Gasteiger partial charge in [0.1, 0.15) is 0 Å². The smallest absolute Gasteiger partial charge is 0.317 e. The number of hydrogen-bond acceptors (Lipinski definition) is 2.